The second kappa shape index (κ2) is 40.5. The van der Waals surface area contributed by atoms with Gasteiger partial charge in [0.15, 0.2) is 0 Å². The van der Waals surface area contributed by atoms with Crippen LogP contribution in [0.1, 0.15) is 226 Å². The fraction of sp³-hybridized carbons (Fsp3) is 0.974. The molecule has 0 unspecified atom stereocenters. The standard InChI is InChI=1S/C39H79NO2.Na/c1-3-5-7-9-11-13-15-17-19-21-23-25-27-29-32-36-40(38-34-31-35-39(41)42)37-33-30-28-26-24-22-20-18-16-14-12-10-8-6-4-2;/h3-38H2,1-2H3,(H,41,42);/q;+1/p-1. The van der Waals surface area contributed by atoms with Gasteiger partial charge in [0.2, 0.25) is 0 Å². The Labute approximate surface area is 294 Å². The van der Waals surface area contributed by atoms with Crippen LogP contribution in [-0.2, 0) is 4.79 Å². The first kappa shape index (κ1) is 45.6. The maximum atomic E-state index is 10.8. The molecule has 0 rings (SSSR count). The first-order chi connectivity index (χ1) is 20.7. The van der Waals surface area contributed by atoms with Crippen LogP contribution in [0.5, 0.6) is 0 Å². The molecule has 0 amide bonds. The number of hydrogen-bond acceptors (Lipinski definition) is 3. The monoisotopic (exact) mass is 616 g/mol. The van der Waals surface area contributed by atoms with Crippen molar-refractivity contribution < 1.29 is 39.5 Å². The normalized spacial score (nSPS) is 11.3. The Hall–Kier alpha value is 0.430. The van der Waals surface area contributed by atoms with Gasteiger partial charge >= 0.3 is 29.6 Å². The summed E-state index contributed by atoms with van der Waals surface area (Å²) in [6.45, 7) is 8.04. The van der Waals surface area contributed by atoms with Crippen molar-refractivity contribution in [3.63, 3.8) is 0 Å². The van der Waals surface area contributed by atoms with E-state index in [1.807, 2.05) is 0 Å². The van der Waals surface area contributed by atoms with E-state index >= 15 is 0 Å². The van der Waals surface area contributed by atoms with Gasteiger partial charge in [-0.25, -0.2) is 0 Å². The SMILES string of the molecule is CCCCCCCCCCCCCCCCCN(CCCCCCCCCCCCCCCCC)CCCCC(=O)[O-].[Na+]. The van der Waals surface area contributed by atoms with Gasteiger partial charge in [-0.05, 0) is 51.7 Å². The van der Waals surface area contributed by atoms with E-state index in [4.69, 9.17) is 0 Å². The Balaban J connectivity index is 0. The fourth-order valence-corrected chi connectivity index (χ4v) is 6.35. The predicted octanol–water partition coefficient (Wildman–Crippen LogP) is 8.96. The second-order valence-electron chi connectivity index (χ2n) is 13.6. The molecular formula is C39H78NNaO2. The van der Waals surface area contributed by atoms with Gasteiger partial charge in [0.05, 0.1) is 0 Å². The summed E-state index contributed by atoms with van der Waals surface area (Å²) in [5.74, 6) is -0.897. The third-order valence-electron chi connectivity index (χ3n) is 9.26. The smallest absolute Gasteiger partial charge is 0.550 e. The number of carboxylic acid groups (broad SMARTS) is 1. The minimum atomic E-state index is -0.897. The van der Waals surface area contributed by atoms with Gasteiger partial charge in [-0.3, -0.25) is 0 Å². The summed E-state index contributed by atoms with van der Waals surface area (Å²) in [7, 11) is 0. The Morgan fingerprint density at radius 2 is 0.581 bits per heavy atom. The summed E-state index contributed by atoms with van der Waals surface area (Å²) in [4.78, 5) is 13.4. The Kier molecular flexibility index (Phi) is 42.9. The number of carboxylic acids is 1. The first-order valence-corrected chi connectivity index (χ1v) is 19.6. The van der Waals surface area contributed by atoms with E-state index in [1.165, 1.54) is 206 Å². The molecule has 0 aromatic heterocycles. The van der Waals surface area contributed by atoms with Crippen LogP contribution < -0.4 is 34.7 Å². The molecule has 0 heterocycles. The maximum absolute atomic E-state index is 10.8. The zero-order valence-corrected chi connectivity index (χ0v) is 32.2. The summed E-state index contributed by atoms with van der Waals surface area (Å²) in [6.07, 6.45) is 44.3. The molecule has 0 aromatic carbocycles. The van der Waals surface area contributed by atoms with E-state index in [0.717, 1.165) is 19.4 Å². The van der Waals surface area contributed by atoms with Crippen molar-refractivity contribution in [1.82, 2.24) is 4.90 Å². The molecule has 0 atom stereocenters. The van der Waals surface area contributed by atoms with E-state index < -0.39 is 5.97 Å². The van der Waals surface area contributed by atoms with Crippen molar-refractivity contribution in [2.24, 2.45) is 0 Å². The molecule has 252 valence electrons. The van der Waals surface area contributed by atoms with Crippen LogP contribution in [-0.4, -0.2) is 30.5 Å². The quantitative estimate of drug-likeness (QED) is 0.0518. The molecule has 43 heavy (non-hydrogen) atoms. The maximum Gasteiger partial charge on any atom is 1.00 e. The molecule has 0 bridgehead atoms. The average Bonchev–Trinajstić information content (AvgIpc) is 2.98. The Bertz CT molecular complexity index is 481. The van der Waals surface area contributed by atoms with E-state index in [0.29, 0.717) is 0 Å². The van der Waals surface area contributed by atoms with Crippen molar-refractivity contribution in [3.05, 3.63) is 0 Å². The molecule has 0 aliphatic rings. The van der Waals surface area contributed by atoms with Crippen molar-refractivity contribution in [2.75, 3.05) is 19.6 Å². The predicted molar refractivity (Wildman–Crippen MR) is 185 cm³/mol. The summed E-state index contributed by atoms with van der Waals surface area (Å²) >= 11 is 0. The average molecular weight is 616 g/mol. The summed E-state index contributed by atoms with van der Waals surface area (Å²) in [5, 5.41) is 10.8. The number of carbonyl (C=O) groups excluding carboxylic acids is 1. The van der Waals surface area contributed by atoms with Crippen LogP contribution in [0.15, 0.2) is 0 Å². The number of rotatable bonds is 37. The molecule has 0 N–H and O–H groups in total. The Morgan fingerprint density at radius 1 is 0.372 bits per heavy atom. The molecular weight excluding hydrogens is 537 g/mol. The number of aliphatic carboxylic acids is 1. The van der Waals surface area contributed by atoms with Crippen LogP contribution in [0.25, 0.3) is 0 Å². The zero-order chi connectivity index (χ0) is 30.6. The van der Waals surface area contributed by atoms with E-state index in [1.54, 1.807) is 0 Å². The van der Waals surface area contributed by atoms with Crippen molar-refractivity contribution in [3.8, 4) is 0 Å². The molecule has 0 saturated heterocycles. The third kappa shape index (κ3) is 40.4. The number of hydrogen-bond donors (Lipinski definition) is 0. The van der Waals surface area contributed by atoms with E-state index in [-0.39, 0.29) is 36.0 Å². The van der Waals surface area contributed by atoms with Crippen LogP contribution in [0.2, 0.25) is 0 Å². The van der Waals surface area contributed by atoms with Crippen molar-refractivity contribution in [2.45, 2.75) is 226 Å². The first-order valence-electron chi connectivity index (χ1n) is 19.6. The number of unbranched alkanes of at least 4 members (excludes halogenated alkanes) is 29. The number of carbonyl (C=O) groups is 1. The summed E-state index contributed by atoms with van der Waals surface area (Å²) in [5.41, 5.74) is 0. The molecule has 3 nitrogen and oxygen atoms in total. The fourth-order valence-electron chi connectivity index (χ4n) is 6.35. The molecule has 0 radical (unpaired) electrons. The van der Waals surface area contributed by atoms with Gasteiger partial charge in [0.25, 0.3) is 0 Å². The molecule has 4 heteroatoms. The van der Waals surface area contributed by atoms with Crippen LogP contribution in [0.4, 0.5) is 0 Å². The van der Waals surface area contributed by atoms with Gasteiger partial charge in [-0.1, -0.05) is 194 Å². The number of nitrogens with zero attached hydrogens (tertiary/aromatic N) is 1. The molecule has 0 aliphatic carbocycles. The summed E-state index contributed by atoms with van der Waals surface area (Å²) in [6, 6.07) is 0. The van der Waals surface area contributed by atoms with E-state index in [2.05, 4.69) is 18.7 Å². The second-order valence-corrected chi connectivity index (χ2v) is 13.6. The molecule has 0 aliphatic heterocycles. The topological polar surface area (TPSA) is 43.4 Å². The van der Waals surface area contributed by atoms with Crippen molar-refractivity contribution in [1.29, 1.82) is 0 Å². The summed E-state index contributed by atoms with van der Waals surface area (Å²) < 4.78 is 0. The molecule has 0 fully saturated rings. The minimum absolute atomic E-state index is 0. The molecule has 0 spiro atoms. The van der Waals surface area contributed by atoms with Gasteiger partial charge in [0.1, 0.15) is 0 Å². The third-order valence-corrected chi connectivity index (χ3v) is 9.26. The van der Waals surface area contributed by atoms with Crippen LogP contribution >= 0.6 is 0 Å². The minimum Gasteiger partial charge on any atom is -0.550 e. The van der Waals surface area contributed by atoms with Gasteiger partial charge in [-0.2, -0.15) is 0 Å². The van der Waals surface area contributed by atoms with Gasteiger partial charge in [-0.15, -0.1) is 0 Å². The van der Waals surface area contributed by atoms with Gasteiger partial charge < -0.3 is 14.8 Å². The van der Waals surface area contributed by atoms with Crippen LogP contribution in [0, 0.1) is 0 Å². The largest absolute Gasteiger partial charge is 1.00 e. The van der Waals surface area contributed by atoms with Crippen molar-refractivity contribution >= 4 is 5.97 Å². The molecule has 0 saturated carbocycles. The zero-order valence-electron chi connectivity index (χ0n) is 30.2. The van der Waals surface area contributed by atoms with E-state index in [9.17, 15) is 9.90 Å². The van der Waals surface area contributed by atoms with Crippen LogP contribution in [0.3, 0.4) is 0 Å². The molecule has 0 aromatic rings. The van der Waals surface area contributed by atoms with Gasteiger partial charge in [0, 0.05) is 5.97 Å². The Morgan fingerprint density at radius 3 is 0.814 bits per heavy atom.